The van der Waals surface area contributed by atoms with Gasteiger partial charge < -0.3 is 29.2 Å². The second-order valence-electron chi connectivity index (χ2n) is 27.3. The van der Waals surface area contributed by atoms with Crippen molar-refractivity contribution in [1.82, 2.24) is 0 Å². The SMILES string of the molecule is CC(/C=C\[C@@]12O[C@]1(C)C[C@@H](O)CC2(C)C)=C\C=C\C(C)=C\C=C\C=C(/C)[C@@H]1Oc2c(C)c(C)c3c(c2C[C@H]1/C=C\C=C\[C@@]12O[C@]1(C)C[C@@H](O)CC2(C)C)CC[C@@](C)(CCCC(C)CCCC(C)CCCC(C)C)O3. The summed E-state index contributed by atoms with van der Waals surface area (Å²) in [6, 6.07) is 0. The normalized spacial score (nSPS) is 34.5. The molecule has 74 heavy (non-hydrogen) atoms. The maximum Gasteiger partial charge on any atom is 0.127 e. The van der Waals surface area contributed by atoms with Crippen LogP contribution in [0, 0.1) is 48.3 Å². The van der Waals surface area contributed by atoms with Crippen LogP contribution < -0.4 is 9.47 Å². The Hall–Kier alpha value is -3.42. The average Bonchev–Trinajstić information content (AvgIpc) is 4.15. The van der Waals surface area contributed by atoms with Crippen LogP contribution in [-0.2, 0) is 22.3 Å². The van der Waals surface area contributed by atoms with Gasteiger partial charge in [-0.1, -0.05) is 178 Å². The Morgan fingerprint density at radius 1 is 0.608 bits per heavy atom. The van der Waals surface area contributed by atoms with Crippen molar-refractivity contribution in [2.24, 2.45) is 34.5 Å². The van der Waals surface area contributed by atoms with Crippen LogP contribution in [0.4, 0.5) is 0 Å². The van der Waals surface area contributed by atoms with Gasteiger partial charge in [0.1, 0.15) is 45.6 Å². The molecule has 0 radical (unpaired) electrons. The summed E-state index contributed by atoms with van der Waals surface area (Å²) < 4.78 is 27.3. The molecule has 1 aromatic carbocycles. The molecule has 6 aliphatic rings. The van der Waals surface area contributed by atoms with E-state index in [1.54, 1.807) is 0 Å². The van der Waals surface area contributed by atoms with Crippen molar-refractivity contribution in [1.29, 1.82) is 0 Å². The Morgan fingerprint density at radius 3 is 1.76 bits per heavy atom. The fraction of sp³-hybridized carbons (Fsp3) is 0.676. The number of rotatable bonds is 22. The summed E-state index contributed by atoms with van der Waals surface area (Å²) in [5.74, 6) is 4.68. The molecule has 4 heterocycles. The predicted octanol–water partition coefficient (Wildman–Crippen LogP) is 16.8. The minimum absolute atomic E-state index is 0.117. The Bertz CT molecular complexity index is 2400. The summed E-state index contributed by atoms with van der Waals surface area (Å²) in [4.78, 5) is 0. The quantitative estimate of drug-likeness (QED) is 0.0889. The molecule has 2 aliphatic carbocycles. The largest absolute Gasteiger partial charge is 0.487 e. The maximum absolute atomic E-state index is 10.7. The third-order valence-electron chi connectivity index (χ3n) is 19.1. The van der Waals surface area contributed by atoms with Crippen molar-refractivity contribution in [2.45, 2.75) is 260 Å². The summed E-state index contributed by atoms with van der Waals surface area (Å²) in [5, 5.41) is 21.1. The van der Waals surface area contributed by atoms with Gasteiger partial charge >= 0.3 is 0 Å². The van der Waals surface area contributed by atoms with Crippen LogP contribution in [0.5, 0.6) is 11.5 Å². The monoisotopic (exact) mass is 1010 g/mol. The molecule has 6 heteroatoms. The third-order valence-corrected chi connectivity index (χ3v) is 19.1. The predicted molar refractivity (Wildman–Crippen MR) is 309 cm³/mol. The lowest BCUT2D eigenvalue weighted by atomic mass is 9.63. The van der Waals surface area contributed by atoms with Crippen LogP contribution in [-0.4, -0.2) is 56.5 Å². The summed E-state index contributed by atoms with van der Waals surface area (Å²) in [5.41, 5.74) is 6.78. The first-order chi connectivity index (χ1) is 34.7. The Labute approximate surface area is 451 Å². The van der Waals surface area contributed by atoms with Gasteiger partial charge in [-0.3, -0.25) is 0 Å². The smallest absolute Gasteiger partial charge is 0.127 e. The van der Waals surface area contributed by atoms with Crippen LogP contribution in [0.2, 0.25) is 0 Å². The third kappa shape index (κ3) is 12.6. The minimum Gasteiger partial charge on any atom is -0.487 e. The highest BCUT2D eigenvalue weighted by molar-refractivity contribution is 5.61. The molecule has 4 aliphatic heterocycles. The summed E-state index contributed by atoms with van der Waals surface area (Å²) >= 11 is 0. The van der Waals surface area contributed by atoms with Gasteiger partial charge in [-0.2, -0.15) is 0 Å². The minimum atomic E-state index is -0.376. The van der Waals surface area contributed by atoms with Gasteiger partial charge in [-0.05, 0) is 147 Å². The van der Waals surface area contributed by atoms with E-state index in [1.165, 1.54) is 79.2 Å². The molecule has 0 bridgehead atoms. The Balaban J connectivity index is 1.03. The highest BCUT2D eigenvalue weighted by atomic mass is 16.6. The van der Waals surface area contributed by atoms with Gasteiger partial charge in [-0.15, -0.1) is 0 Å². The molecule has 2 unspecified atom stereocenters. The van der Waals surface area contributed by atoms with Crippen LogP contribution in [0.25, 0.3) is 0 Å². The fourth-order valence-electron chi connectivity index (χ4n) is 14.4. The molecule has 7 rings (SSSR count). The number of aliphatic hydroxyl groups is 2. The Kier molecular flexibility index (Phi) is 18.0. The standard InChI is InChI=1S/C68H102O6/c1-46(2)25-21-27-48(4)29-22-30-49(5)32-24-37-64(14)39-36-57-58-41-54(34-19-20-38-67-62(10,11)42-55(69)44-65(67,15)73-67)59(71-60(58)52(8)53(9)61(57)72-64)51(7)33-18-17-26-47(3)28-23-31-50(6)35-40-68-63(12,13)43-56(70)45-66(68,16)74-68/h17-20,23,26,28,31,33-35,38,40,46,48-49,54-56,59,69-70H,21-22,24-25,27,29-30,32,36-37,39,41-45H2,1-16H3/b18-17+,28-23+,34-19-,38-20+,40-35-,47-26+,50-31+,51-33+/t48?,49?,54-,55+,56+,59+,64-,65-,66-,67+,68+/m1/s1. The number of hydrogen-bond donors (Lipinski definition) is 2. The van der Waals surface area contributed by atoms with E-state index in [9.17, 15) is 10.2 Å². The molecule has 2 saturated carbocycles. The van der Waals surface area contributed by atoms with Crippen molar-refractivity contribution < 1.29 is 29.2 Å². The molecule has 4 fully saturated rings. The molecule has 1 aromatic rings. The van der Waals surface area contributed by atoms with Crippen LogP contribution >= 0.6 is 0 Å². The van der Waals surface area contributed by atoms with Crippen molar-refractivity contribution in [3.8, 4) is 11.5 Å². The van der Waals surface area contributed by atoms with Gasteiger partial charge in [0.05, 0.1) is 12.2 Å². The van der Waals surface area contributed by atoms with Crippen molar-refractivity contribution in [2.75, 3.05) is 0 Å². The molecule has 2 saturated heterocycles. The van der Waals surface area contributed by atoms with E-state index in [2.05, 4.69) is 190 Å². The van der Waals surface area contributed by atoms with E-state index in [0.29, 0.717) is 12.8 Å². The molecule has 0 amide bonds. The first-order valence-electron chi connectivity index (χ1n) is 29.4. The lowest BCUT2D eigenvalue weighted by Crippen LogP contribution is -2.46. The van der Waals surface area contributed by atoms with Gasteiger partial charge in [0.15, 0.2) is 0 Å². The number of epoxide rings is 2. The summed E-state index contributed by atoms with van der Waals surface area (Å²) in [6.07, 6.45) is 45.2. The number of fused-ring (bicyclic) bond motifs is 5. The average molecular weight is 1020 g/mol. The number of hydrogen-bond acceptors (Lipinski definition) is 6. The fourth-order valence-corrected chi connectivity index (χ4v) is 14.4. The van der Waals surface area contributed by atoms with Crippen LogP contribution in [0.15, 0.2) is 95.7 Å². The molecule has 11 atom stereocenters. The highest BCUT2D eigenvalue weighted by Crippen LogP contribution is 2.67. The number of benzene rings is 1. The van der Waals surface area contributed by atoms with Crippen LogP contribution in [0.3, 0.4) is 0 Å². The van der Waals surface area contributed by atoms with E-state index in [4.69, 9.17) is 18.9 Å². The van der Waals surface area contributed by atoms with E-state index in [0.717, 1.165) is 78.9 Å². The molecule has 0 spiro atoms. The number of aliphatic hydroxyl groups excluding tert-OH is 2. The number of allylic oxidation sites excluding steroid dienone is 12. The first-order valence-corrected chi connectivity index (χ1v) is 29.4. The lowest BCUT2D eigenvalue weighted by Gasteiger charge is -2.41. The molecule has 2 N–H and O–H groups in total. The van der Waals surface area contributed by atoms with E-state index in [1.807, 2.05) is 0 Å². The van der Waals surface area contributed by atoms with Gasteiger partial charge in [-0.25, -0.2) is 0 Å². The number of ether oxygens (including phenoxy) is 4. The second kappa shape index (κ2) is 22.9. The van der Waals surface area contributed by atoms with Crippen molar-refractivity contribution >= 4 is 0 Å². The van der Waals surface area contributed by atoms with Gasteiger partial charge in [0.25, 0.3) is 0 Å². The zero-order chi connectivity index (χ0) is 54.1. The lowest BCUT2D eigenvalue weighted by molar-refractivity contribution is 0.0501. The van der Waals surface area contributed by atoms with Gasteiger partial charge in [0, 0.05) is 40.7 Å². The second-order valence-corrected chi connectivity index (χ2v) is 27.3. The van der Waals surface area contributed by atoms with Crippen molar-refractivity contribution in [3.05, 3.63) is 118 Å². The first kappa shape index (κ1) is 58.3. The molecular formula is C68H102O6. The maximum atomic E-state index is 10.7. The van der Waals surface area contributed by atoms with E-state index in [-0.39, 0.29) is 63.1 Å². The van der Waals surface area contributed by atoms with Crippen molar-refractivity contribution in [3.63, 3.8) is 0 Å². The Morgan fingerprint density at radius 2 is 1.15 bits per heavy atom. The van der Waals surface area contributed by atoms with E-state index >= 15 is 0 Å². The van der Waals surface area contributed by atoms with Gasteiger partial charge in [0.2, 0.25) is 0 Å². The molecular weight excluding hydrogens is 913 g/mol. The zero-order valence-electron chi connectivity index (χ0n) is 49.4. The molecule has 0 aromatic heterocycles. The van der Waals surface area contributed by atoms with Crippen LogP contribution in [0.1, 0.15) is 209 Å². The summed E-state index contributed by atoms with van der Waals surface area (Å²) in [7, 11) is 0. The summed E-state index contributed by atoms with van der Waals surface area (Å²) in [6.45, 7) is 36.1. The van der Waals surface area contributed by atoms with E-state index < -0.39 is 0 Å². The molecule has 6 nitrogen and oxygen atoms in total. The topological polar surface area (TPSA) is 84.0 Å². The zero-order valence-corrected chi connectivity index (χ0v) is 49.4. The molecule has 410 valence electrons. The highest BCUT2D eigenvalue weighted by Gasteiger charge is 2.75.